The topological polar surface area (TPSA) is 49.8 Å². The maximum absolute atomic E-state index is 12.5. The lowest BCUT2D eigenvalue weighted by atomic mass is 9.98. The number of ether oxygens (including phenoxy) is 1. The highest BCUT2D eigenvalue weighted by Gasteiger charge is 2.21. The number of rotatable bonds is 10. The molecule has 0 heterocycles. The number of hydrogen-bond acceptors (Lipinski definition) is 4. The minimum absolute atomic E-state index is 0.0354. The van der Waals surface area contributed by atoms with Crippen LogP contribution in [0.4, 0.5) is 0 Å². The highest BCUT2D eigenvalue weighted by atomic mass is 16.5. The average molecular weight is 384 g/mol. The van der Waals surface area contributed by atoms with E-state index in [4.69, 9.17) is 4.74 Å². The first-order valence-electron chi connectivity index (χ1n) is 10.1. The second-order valence-corrected chi connectivity index (χ2v) is 7.67. The van der Waals surface area contributed by atoms with Crippen molar-refractivity contribution in [3.8, 4) is 16.9 Å². The molecule has 0 spiro atoms. The van der Waals surface area contributed by atoms with Gasteiger partial charge in [-0.15, -0.1) is 0 Å². The van der Waals surface area contributed by atoms with Gasteiger partial charge in [-0.25, -0.2) is 0 Å². The van der Waals surface area contributed by atoms with Crippen LogP contribution in [0.15, 0.2) is 48.5 Å². The van der Waals surface area contributed by atoms with Gasteiger partial charge in [0.2, 0.25) is 0 Å². The third-order valence-corrected chi connectivity index (χ3v) is 4.89. The molecule has 152 valence electrons. The zero-order chi connectivity index (χ0) is 20.7. The lowest BCUT2D eigenvalue weighted by Gasteiger charge is -2.32. The third-order valence-electron chi connectivity index (χ3n) is 4.89. The summed E-state index contributed by atoms with van der Waals surface area (Å²) < 4.78 is 6.07. The Hall–Kier alpha value is -2.17. The fraction of sp³-hybridized carbons (Fsp3) is 0.458. The number of aliphatic hydroxyl groups excluding tert-OH is 1. The van der Waals surface area contributed by atoms with Crippen LogP contribution in [0.1, 0.15) is 51.4 Å². The number of carbonyl (C=O) groups is 1. The fourth-order valence-corrected chi connectivity index (χ4v) is 3.44. The average Bonchev–Trinajstić information content (AvgIpc) is 2.69. The molecule has 1 N–H and O–H groups in total. The SMILES string of the molecule is CCC(=O)c1cccc(-c2ccccc2)c1OCC(O)CN(C(C)C)C(C)C. The monoisotopic (exact) mass is 383 g/mol. The Balaban J connectivity index is 2.27. The molecule has 4 nitrogen and oxygen atoms in total. The molecule has 4 heteroatoms. The fourth-order valence-electron chi connectivity index (χ4n) is 3.44. The van der Waals surface area contributed by atoms with E-state index in [1.54, 1.807) is 6.07 Å². The maximum atomic E-state index is 12.5. The van der Waals surface area contributed by atoms with Crippen LogP contribution in [0.5, 0.6) is 5.75 Å². The molecule has 0 aliphatic rings. The van der Waals surface area contributed by atoms with E-state index in [9.17, 15) is 9.90 Å². The number of Topliss-reactive ketones (excluding diaryl/α,β-unsaturated/α-hetero) is 1. The van der Waals surface area contributed by atoms with Gasteiger partial charge in [0.15, 0.2) is 5.78 Å². The molecule has 0 amide bonds. The summed E-state index contributed by atoms with van der Waals surface area (Å²) in [5.41, 5.74) is 2.43. The van der Waals surface area contributed by atoms with Gasteiger partial charge in [0.25, 0.3) is 0 Å². The molecule has 0 saturated carbocycles. The highest BCUT2D eigenvalue weighted by molar-refractivity contribution is 6.00. The van der Waals surface area contributed by atoms with E-state index in [0.717, 1.165) is 11.1 Å². The summed E-state index contributed by atoms with van der Waals surface area (Å²) in [7, 11) is 0. The number of hydrogen-bond donors (Lipinski definition) is 1. The summed E-state index contributed by atoms with van der Waals surface area (Å²) in [5.74, 6) is 0.591. The Labute approximate surface area is 169 Å². The largest absolute Gasteiger partial charge is 0.489 e. The molecule has 2 aromatic carbocycles. The predicted molar refractivity (Wildman–Crippen MR) is 115 cm³/mol. The molecule has 2 aromatic rings. The first-order valence-corrected chi connectivity index (χ1v) is 10.1. The Morgan fingerprint density at radius 3 is 2.21 bits per heavy atom. The van der Waals surface area contributed by atoms with Gasteiger partial charge in [-0.3, -0.25) is 9.69 Å². The van der Waals surface area contributed by atoms with E-state index < -0.39 is 6.10 Å². The number of benzene rings is 2. The lowest BCUT2D eigenvalue weighted by molar-refractivity contribution is 0.0444. The summed E-state index contributed by atoms with van der Waals surface area (Å²) in [4.78, 5) is 14.7. The van der Waals surface area contributed by atoms with Crippen molar-refractivity contribution >= 4 is 5.78 Å². The molecule has 1 atom stereocenters. The molecule has 0 aliphatic heterocycles. The van der Waals surface area contributed by atoms with Crippen molar-refractivity contribution < 1.29 is 14.6 Å². The predicted octanol–water partition coefficient (Wildman–Crippen LogP) is 4.80. The molecule has 0 aromatic heterocycles. The normalized spacial score (nSPS) is 12.6. The van der Waals surface area contributed by atoms with E-state index in [2.05, 4.69) is 32.6 Å². The first-order chi connectivity index (χ1) is 13.3. The number of ketones is 1. The van der Waals surface area contributed by atoms with Gasteiger partial charge in [0.05, 0.1) is 5.56 Å². The van der Waals surface area contributed by atoms with Crippen LogP contribution >= 0.6 is 0 Å². The summed E-state index contributed by atoms with van der Waals surface area (Å²) in [6, 6.07) is 16.2. The molecular weight excluding hydrogens is 350 g/mol. The van der Waals surface area contributed by atoms with Crippen molar-refractivity contribution in [2.45, 2.75) is 59.2 Å². The Bertz CT molecular complexity index is 748. The zero-order valence-corrected chi connectivity index (χ0v) is 17.7. The van der Waals surface area contributed by atoms with Gasteiger partial charge in [-0.05, 0) is 39.3 Å². The standard InChI is InChI=1S/C24H33NO3/c1-6-23(27)22-14-10-13-21(19-11-8-7-9-12-19)24(22)28-16-20(26)15-25(17(2)3)18(4)5/h7-14,17-18,20,26H,6,15-16H2,1-5H3. The van der Waals surface area contributed by atoms with Gasteiger partial charge >= 0.3 is 0 Å². The van der Waals surface area contributed by atoms with Crippen LogP contribution in [-0.2, 0) is 0 Å². The second kappa shape index (κ2) is 10.4. The molecular formula is C24H33NO3. The van der Waals surface area contributed by atoms with E-state index in [1.165, 1.54) is 0 Å². The first kappa shape index (κ1) is 22.1. The zero-order valence-electron chi connectivity index (χ0n) is 17.7. The Kier molecular flexibility index (Phi) is 8.21. The summed E-state index contributed by atoms with van der Waals surface area (Å²) in [5, 5.41) is 10.6. The molecule has 1 unspecified atom stereocenters. The number of para-hydroxylation sites is 1. The minimum Gasteiger partial charge on any atom is -0.489 e. The molecule has 0 radical (unpaired) electrons. The van der Waals surface area contributed by atoms with Crippen molar-refractivity contribution in [2.75, 3.05) is 13.2 Å². The number of carbonyl (C=O) groups excluding carboxylic acids is 1. The van der Waals surface area contributed by atoms with E-state index >= 15 is 0 Å². The van der Waals surface area contributed by atoms with Gasteiger partial charge in [0, 0.05) is 30.6 Å². The van der Waals surface area contributed by atoms with E-state index in [1.807, 2.05) is 49.4 Å². The minimum atomic E-state index is -0.641. The summed E-state index contributed by atoms with van der Waals surface area (Å²) in [6.07, 6.45) is -0.232. The molecule has 28 heavy (non-hydrogen) atoms. The van der Waals surface area contributed by atoms with Crippen LogP contribution in [-0.4, -0.2) is 47.1 Å². The van der Waals surface area contributed by atoms with Gasteiger partial charge < -0.3 is 9.84 Å². The van der Waals surface area contributed by atoms with Crippen LogP contribution in [0.3, 0.4) is 0 Å². The quantitative estimate of drug-likeness (QED) is 0.599. The van der Waals surface area contributed by atoms with Crippen LogP contribution < -0.4 is 4.74 Å². The Morgan fingerprint density at radius 2 is 1.64 bits per heavy atom. The molecule has 0 saturated heterocycles. The number of aliphatic hydroxyl groups is 1. The van der Waals surface area contributed by atoms with Gasteiger partial charge in [-0.1, -0.05) is 49.4 Å². The maximum Gasteiger partial charge on any atom is 0.166 e. The summed E-state index contributed by atoms with van der Waals surface area (Å²) >= 11 is 0. The third kappa shape index (κ3) is 5.66. The molecule has 2 rings (SSSR count). The van der Waals surface area contributed by atoms with E-state index in [-0.39, 0.29) is 12.4 Å². The Morgan fingerprint density at radius 1 is 1.00 bits per heavy atom. The smallest absolute Gasteiger partial charge is 0.166 e. The van der Waals surface area contributed by atoms with Gasteiger partial charge in [-0.2, -0.15) is 0 Å². The lowest BCUT2D eigenvalue weighted by Crippen LogP contribution is -2.43. The van der Waals surface area contributed by atoms with E-state index in [0.29, 0.717) is 36.4 Å². The van der Waals surface area contributed by atoms with Crippen molar-refractivity contribution in [1.82, 2.24) is 4.90 Å². The molecule has 0 bridgehead atoms. The van der Waals surface area contributed by atoms with Crippen LogP contribution in [0.2, 0.25) is 0 Å². The highest BCUT2D eigenvalue weighted by Crippen LogP contribution is 2.34. The van der Waals surface area contributed by atoms with Crippen molar-refractivity contribution in [1.29, 1.82) is 0 Å². The van der Waals surface area contributed by atoms with Gasteiger partial charge in [0.1, 0.15) is 18.5 Å². The van der Waals surface area contributed by atoms with Crippen LogP contribution in [0, 0.1) is 0 Å². The van der Waals surface area contributed by atoms with Crippen LogP contribution in [0.25, 0.3) is 11.1 Å². The van der Waals surface area contributed by atoms with Crippen molar-refractivity contribution in [3.63, 3.8) is 0 Å². The van der Waals surface area contributed by atoms with Crippen molar-refractivity contribution in [3.05, 3.63) is 54.1 Å². The van der Waals surface area contributed by atoms with Crippen molar-refractivity contribution in [2.24, 2.45) is 0 Å². The summed E-state index contributed by atoms with van der Waals surface area (Å²) in [6.45, 7) is 11.0. The number of nitrogens with zero attached hydrogens (tertiary/aromatic N) is 1. The molecule has 0 aliphatic carbocycles. The molecule has 0 fully saturated rings. The second-order valence-electron chi connectivity index (χ2n) is 7.67.